The molecule has 0 radical (unpaired) electrons. The van der Waals surface area contributed by atoms with E-state index in [1.165, 1.54) is 17.1 Å². The molecular weight excluding hydrogens is 262 g/mol. The summed E-state index contributed by atoms with van der Waals surface area (Å²) in [6.07, 6.45) is 4.23. The van der Waals surface area contributed by atoms with Gasteiger partial charge in [-0.3, -0.25) is 14.2 Å². The van der Waals surface area contributed by atoms with Gasteiger partial charge in [-0.1, -0.05) is 0 Å². The average molecular weight is 277 g/mol. The predicted octanol–water partition coefficient (Wildman–Crippen LogP) is 0.823. The van der Waals surface area contributed by atoms with E-state index >= 15 is 0 Å². The average Bonchev–Trinajstić information content (AvgIpc) is 2.96. The van der Waals surface area contributed by atoms with Crippen molar-refractivity contribution in [2.75, 3.05) is 5.32 Å². The molecule has 0 aliphatic carbocycles. The SMILES string of the molecule is Cc1nn(C)cc1NC(=O)C(C)n1cc(C(=O)O)cn1. The van der Waals surface area contributed by atoms with E-state index in [1.54, 1.807) is 31.8 Å². The van der Waals surface area contributed by atoms with Crippen LogP contribution in [-0.4, -0.2) is 36.5 Å². The van der Waals surface area contributed by atoms with E-state index in [0.717, 1.165) is 0 Å². The number of amides is 1. The monoisotopic (exact) mass is 277 g/mol. The number of carboxylic acids is 1. The minimum atomic E-state index is -1.08. The van der Waals surface area contributed by atoms with Crippen LogP contribution in [0.1, 0.15) is 29.0 Å². The lowest BCUT2D eigenvalue weighted by atomic mass is 10.3. The van der Waals surface area contributed by atoms with E-state index in [-0.39, 0.29) is 11.5 Å². The Bertz CT molecular complexity index is 658. The van der Waals surface area contributed by atoms with Crippen molar-refractivity contribution in [3.63, 3.8) is 0 Å². The molecule has 8 heteroatoms. The Morgan fingerprint density at radius 2 is 2.10 bits per heavy atom. The Kier molecular flexibility index (Phi) is 3.55. The third kappa shape index (κ3) is 2.68. The summed E-state index contributed by atoms with van der Waals surface area (Å²) in [4.78, 5) is 22.9. The van der Waals surface area contributed by atoms with Crippen LogP contribution < -0.4 is 5.32 Å². The molecule has 8 nitrogen and oxygen atoms in total. The zero-order valence-electron chi connectivity index (χ0n) is 11.4. The van der Waals surface area contributed by atoms with Crippen LogP contribution in [0.3, 0.4) is 0 Å². The number of nitrogens with one attached hydrogen (secondary N) is 1. The number of hydrogen-bond acceptors (Lipinski definition) is 4. The first-order valence-electron chi connectivity index (χ1n) is 5.97. The quantitative estimate of drug-likeness (QED) is 0.861. The lowest BCUT2D eigenvalue weighted by molar-refractivity contribution is -0.119. The molecule has 0 aliphatic rings. The van der Waals surface area contributed by atoms with Crippen LogP contribution in [0.4, 0.5) is 5.69 Å². The molecule has 0 bridgehead atoms. The lowest BCUT2D eigenvalue weighted by Crippen LogP contribution is -2.24. The lowest BCUT2D eigenvalue weighted by Gasteiger charge is -2.11. The van der Waals surface area contributed by atoms with Gasteiger partial charge in [0.15, 0.2) is 0 Å². The summed E-state index contributed by atoms with van der Waals surface area (Å²) in [5.41, 5.74) is 1.37. The highest BCUT2D eigenvalue weighted by atomic mass is 16.4. The minimum Gasteiger partial charge on any atom is -0.478 e. The van der Waals surface area contributed by atoms with Gasteiger partial charge in [0, 0.05) is 19.4 Å². The molecule has 1 atom stereocenters. The highest BCUT2D eigenvalue weighted by Crippen LogP contribution is 2.15. The second-order valence-corrected chi connectivity index (χ2v) is 4.48. The Morgan fingerprint density at radius 3 is 2.60 bits per heavy atom. The molecule has 2 N–H and O–H groups in total. The van der Waals surface area contributed by atoms with Crippen molar-refractivity contribution < 1.29 is 14.7 Å². The number of aromatic nitrogens is 4. The van der Waals surface area contributed by atoms with Gasteiger partial charge in [0.25, 0.3) is 0 Å². The van der Waals surface area contributed by atoms with Crippen LogP contribution in [0.25, 0.3) is 0 Å². The van der Waals surface area contributed by atoms with E-state index < -0.39 is 12.0 Å². The molecule has 106 valence electrons. The Hall–Kier alpha value is -2.64. The van der Waals surface area contributed by atoms with E-state index in [4.69, 9.17) is 5.11 Å². The fraction of sp³-hybridized carbons (Fsp3) is 0.333. The van der Waals surface area contributed by atoms with Gasteiger partial charge in [0.1, 0.15) is 6.04 Å². The third-order valence-electron chi connectivity index (χ3n) is 2.90. The standard InChI is InChI=1S/C12H15N5O3/c1-7-10(6-16(3)15-7)14-11(18)8(2)17-5-9(4-13-17)12(19)20/h4-6,8H,1-3H3,(H,14,18)(H,19,20). The van der Waals surface area contributed by atoms with Crippen molar-refractivity contribution in [2.24, 2.45) is 7.05 Å². The molecule has 0 spiro atoms. The molecule has 2 rings (SSSR count). The number of aryl methyl sites for hydroxylation is 2. The summed E-state index contributed by atoms with van der Waals surface area (Å²) in [7, 11) is 1.76. The number of rotatable bonds is 4. The van der Waals surface area contributed by atoms with Gasteiger partial charge in [-0.15, -0.1) is 0 Å². The molecule has 0 aliphatic heterocycles. The van der Waals surface area contributed by atoms with Crippen molar-refractivity contribution in [1.82, 2.24) is 19.6 Å². The number of anilines is 1. The van der Waals surface area contributed by atoms with Gasteiger partial charge >= 0.3 is 5.97 Å². The fourth-order valence-electron chi connectivity index (χ4n) is 1.74. The number of nitrogens with zero attached hydrogens (tertiary/aromatic N) is 4. The first-order valence-corrected chi connectivity index (χ1v) is 5.97. The van der Waals surface area contributed by atoms with Gasteiger partial charge < -0.3 is 10.4 Å². The van der Waals surface area contributed by atoms with Gasteiger partial charge in [-0.05, 0) is 13.8 Å². The van der Waals surface area contributed by atoms with Gasteiger partial charge in [-0.2, -0.15) is 10.2 Å². The Balaban J connectivity index is 2.12. The van der Waals surface area contributed by atoms with Crippen molar-refractivity contribution in [1.29, 1.82) is 0 Å². The molecule has 0 fully saturated rings. The molecule has 2 aromatic rings. The first kappa shape index (κ1) is 13.8. The maximum Gasteiger partial charge on any atom is 0.338 e. The summed E-state index contributed by atoms with van der Waals surface area (Å²) in [5.74, 6) is -1.37. The van der Waals surface area contributed by atoms with E-state index in [9.17, 15) is 9.59 Å². The summed E-state index contributed by atoms with van der Waals surface area (Å²) in [5, 5.41) is 19.6. The normalized spacial score (nSPS) is 12.2. The number of hydrogen-bond donors (Lipinski definition) is 2. The van der Waals surface area contributed by atoms with Crippen LogP contribution in [0.2, 0.25) is 0 Å². The van der Waals surface area contributed by atoms with Gasteiger partial charge in [0.05, 0.1) is 23.1 Å². The van der Waals surface area contributed by atoms with Gasteiger partial charge in [0.2, 0.25) is 5.91 Å². The predicted molar refractivity (Wildman–Crippen MR) is 70.5 cm³/mol. The number of aromatic carboxylic acids is 1. The molecule has 20 heavy (non-hydrogen) atoms. The van der Waals surface area contributed by atoms with Gasteiger partial charge in [-0.25, -0.2) is 4.79 Å². The molecule has 0 saturated carbocycles. The number of carbonyl (C=O) groups is 2. The van der Waals surface area contributed by atoms with Crippen molar-refractivity contribution in [3.05, 3.63) is 29.8 Å². The molecule has 2 aromatic heterocycles. The zero-order valence-corrected chi connectivity index (χ0v) is 11.4. The second kappa shape index (κ2) is 5.16. The van der Waals surface area contributed by atoms with Crippen LogP contribution in [0.15, 0.2) is 18.6 Å². The minimum absolute atomic E-state index is 0.0437. The van der Waals surface area contributed by atoms with Crippen LogP contribution in [-0.2, 0) is 11.8 Å². The van der Waals surface area contributed by atoms with Crippen molar-refractivity contribution in [3.8, 4) is 0 Å². The largest absolute Gasteiger partial charge is 0.478 e. The zero-order chi connectivity index (χ0) is 14.9. The van der Waals surface area contributed by atoms with Crippen molar-refractivity contribution in [2.45, 2.75) is 19.9 Å². The summed E-state index contributed by atoms with van der Waals surface area (Å²) < 4.78 is 2.91. The molecule has 2 heterocycles. The summed E-state index contributed by atoms with van der Waals surface area (Å²) in [6.45, 7) is 3.43. The maximum atomic E-state index is 12.1. The van der Waals surface area contributed by atoms with Crippen LogP contribution >= 0.6 is 0 Å². The molecular formula is C12H15N5O3. The third-order valence-corrected chi connectivity index (χ3v) is 2.90. The van der Waals surface area contributed by atoms with E-state index in [1.807, 2.05) is 0 Å². The maximum absolute atomic E-state index is 12.1. The number of carboxylic acid groups (broad SMARTS) is 1. The molecule has 0 saturated heterocycles. The smallest absolute Gasteiger partial charge is 0.338 e. The Morgan fingerprint density at radius 1 is 1.40 bits per heavy atom. The van der Waals surface area contributed by atoms with Crippen molar-refractivity contribution >= 4 is 17.6 Å². The molecule has 1 amide bonds. The van der Waals surface area contributed by atoms with E-state index in [0.29, 0.717) is 11.4 Å². The summed E-state index contributed by atoms with van der Waals surface area (Å²) in [6, 6.07) is -0.622. The molecule has 0 aromatic carbocycles. The second-order valence-electron chi connectivity index (χ2n) is 4.48. The van der Waals surface area contributed by atoms with E-state index in [2.05, 4.69) is 15.5 Å². The highest BCUT2D eigenvalue weighted by Gasteiger charge is 2.19. The van der Waals surface area contributed by atoms with Crippen LogP contribution in [0, 0.1) is 6.92 Å². The van der Waals surface area contributed by atoms with Crippen LogP contribution in [0.5, 0.6) is 0 Å². The first-order chi connectivity index (χ1) is 9.38. The molecule has 1 unspecified atom stereocenters. The highest BCUT2D eigenvalue weighted by molar-refractivity contribution is 5.94. The number of carbonyl (C=O) groups excluding carboxylic acids is 1. The Labute approximate surface area is 115 Å². The summed E-state index contributed by atoms with van der Waals surface area (Å²) >= 11 is 0. The fourth-order valence-corrected chi connectivity index (χ4v) is 1.74. The topological polar surface area (TPSA) is 102 Å².